The number of amides is 2. The Morgan fingerprint density at radius 2 is 2.04 bits per heavy atom. The number of ether oxygens (including phenoxy) is 1. The lowest BCUT2D eigenvalue weighted by Gasteiger charge is -2.17. The van der Waals surface area contributed by atoms with Gasteiger partial charge in [-0.15, -0.1) is 0 Å². The monoisotopic (exact) mass is 317 g/mol. The molecule has 2 amide bonds. The first-order chi connectivity index (χ1) is 10.9. The maximum absolute atomic E-state index is 12.3. The molecule has 1 rings (SSSR count). The normalized spacial score (nSPS) is 12.4. The highest BCUT2D eigenvalue weighted by atomic mass is 16.5. The topological polar surface area (TPSA) is 108 Å². The number of methoxy groups -OCH3 is 1. The number of carbonyl (C=O) groups excluding carboxylic acids is 3. The van der Waals surface area contributed by atoms with E-state index in [-0.39, 0.29) is 17.9 Å². The maximum atomic E-state index is 12.3. The summed E-state index contributed by atoms with van der Waals surface area (Å²) in [6.07, 6.45) is 0.153. The molecule has 0 aliphatic rings. The van der Waals surface area contributed by atoms with Gasteiger partial charge in [-0.25, -0.2) is 4.79 Å². The number of esters is 1. The van der Waals surface area contributed by atoms with E-state index in [1.165, 1.54) is 20.1 Å². The zero-order valence-electron chi connectivity index (χ0n) is 13.3. The highest BCUT2D eigenvalue weighted by molar-refractivity contribution is 5.98. The second-order valence-electron chi connectivity index (χ2n) is 5.08. The molecule has 122 valence electrons. The van der Waals surface area contributed by atoms with Gasteiger partial charge in [-0.3, -0.25) is 9.59 Å². The summed E-state index contributed by atoms with van der Waals surface area (Å²) in [6, 6.07) is 7.42. The number of carbonyl (C=O) groups is 3. The fraction of sp³-hybridized carbons (Fsp3) is 0.375. The van der Waals surface area contributed by atoms with Crippen LogP contribution in [0.15, 0.2) is 24.3 Å². The van der Waals surface area contributed by atoms with Gasteiger partial charge in [0, 0.05) is 24.1 Å². The Hall–Kier alpha value is -2.88. The molecule has 0 bridgehead atoms. The molecule has 7 heteroatoms. The second kappa shape index (κ2) is 8.54. The summed E-state index contributed by atoms with van der Waals surface area (Å²) in [6.45, 7) is 3.02. The van der Waals surface area contributed by atoms with Crippen molar-refractivity contribution in [2.75, 3.05) is 12.4 Å². The van der Waals surface area contributed by atoms with Crippen molar-refractivity contribution in [1.82, 2.24) is 5.32 Å². The molecule has 0 saturated carbocycles. The number of hydrogen-bond acceptors (Lipinski definition) is 5. The Labute approximate surface area is 134 Å². The summed E-state index contributed by atoms with van der Waals surface area (Å²) in [4.78, 5) is 35.1. The number of rotatable bonds is 6. The van der Waals surface area contributed by atoms with Crippen molar-refractivity contribution in [3.8, 4) is 6.07 Å². The van der Waals surface area contributed by atoms with Gasteiger partial charge in [0.2, 0.25) is 5.91 Å². The van der Waals surface area contributed by atoms with Crippen molar-refractivity contribution in [3.63, 3.8) is 0 Å². The molecule has 0 heterocycles. The molecule has 0 unspecified atom stereocenters. The van der Waals surface area contributed by atoms with Gasteiger partial charge in [0.1, 0.15) is 6.04 Å². The SMILES string of the molecule is COC(=O)[C@H](C[C@H](C)C#N)NC(=O)c1cccc(NC(C)=O)c1. The molecule has 1 aromatic carbocycles. The van der Waals surface area contributed by atoms with E-state index in [9.17, 15) is 14.4 Å². The fourth-order valence-corrected chi connectivity index (χ4v) is 1.95. The second-order valence-corrected chi connectivity index (χ2v) is 5.08. The van der Waals surface area contributed by atoms with Crippen molar-refractivity contribution in [2.24, 2.45) is 5.92 Å². The Balaban J connectivity index is 2.88. The van der Waals surface area contributed by atoms with Crippen molar-refractivity contribution >= 4 is 23.5 Å². The van der Waals surface area contributed by atoms with Crippen LogP contribution in [0.3, 0.4) is 0 Å². The molecular weight excluding hydrogens is 298 g/mol. The first-order valence-electron chi connectivity index (χ1n) is 7.03. The van der Waals surface area contributed by atoms with Crippen LogP contribution in [0.5, 0.6) is 0 Å². The lowest BCUT2D eigenvalue weighted by atomic mass is 10.0. The molecule has 0 saturated heterocycles. The van der Waals surface area contributed by atoms with Crippen LogP contribution in [0.25, 0.3) is 0 Å². The molecule has 0 aromatic heterocycles. The van der Waals surface area contributed by atoms with Crippen molar-refractivity contribution in [2.45, 2.75) is 26.3 Å². The third-order valence-electron chi connectivity index (χ3n) is 3.05. The quantitative estimate of drug-likeness (QED) is 0.772. The maximum Gasteiger partial charge on any atom is 0.328 e. The van der Waals surface area contributed by atoms with E-state index in [4.69, 9.17) is 5.26 Å². The van der Waals surface area contributed by atoms with Crippen LogP contribution in [0.2, 0.25) is 0 Å². The minimum absolute atomic E-state index is 0.153. The summed E-state index contributed by atoms with van der Waals surface area (Å²) < 4.78 is 4.65. The number of hydrogen-bond donors (Lipinski definition) is 2. The van der Waals surface area contributed by atoms with E-state index in [2.05, 4.69) is 15.4 Å². The van der Waals surface area contributed by atoms with E-state index in [0.29, 0.717) is 5.69 Å². The zero-order valence-corrected chi connectivity index (χ0v) is 13.3. The first-order valence-corrected chi connectivity index (χ1v) is 7.03. The molecule has 0 spiro atoms. The molecule has 1 aromatic rings. The van der Waals surface area contributed by atoms with Gasteiger partial charge in [-0.1, -0.05) is 6.07 Å². The van der Waals surface area contributed by atoms with Crippen molar-refractivity contribution < 1.29 is 19.1 Å². The summed E-state index contributed by atoms with van der Waals surface area (Å²) in [7, 11) is 1.22. The van der Waals surface area contributed by atoms with E-state index in [1.54, 1.807) is 25.1 Å². The van der Waals surface area contributed by atoms with Crippen LogP contribution in [-0.4, -0.2) is 30.9 Å². The Morgan fingerprint density at radius 1 is 1.35 bits per heavy atom. The lowest BCUT2D eigenvalue weighted by molar-refractivity contribution is -0.143. The van der Waals surface area contributed by atoms with Gasteiger partial charge in [0.15, 0.2) is 0 Å². The summed E-state index contributed by atoms with van der Waals surface area (Å²) >= 11 is 0. The van der Waals surface area contributed by atoms with Crippen LogP contribution < -0.4 is 10.6 Å². The van der Waals surface area contributed by atoms with Gasteiger partial charge in [-0.05, 0) is 31.5 Å². The first kappa shape index (κ1) is 18.2. The summed E-state index contributed by atoms with van der Waals surface area (Å²) in [5.41, 5.74) is 0.764. The predicted octanol–water partition coefficient (Wildman–Crippen LogP) is 1.47. The minimum atomic E-state index is -0.911. The highest BCUT2D eigenvalue weighted by Crippen LogP contribution is 2.12. The third kappa shape index (κ3) is 5.79. The van der Waals surface area contributed by atoms with Crippen molar-refractivity contribution in [1.29, 1.82) is 5.26 Å². The molecule has 0 radical (unpaired) electrons. The Morgan fingerprint density at radius 3 is 2.61 bits per heavy atom. The third-order valence-corrected chi connectivity index (χ3v) is 3.05. The average molecular weight is 317 g/mol. The highest BCUT2D eigenvalue weighted by Gasteiger charge is 2.24. The Kier molecular flexibility index (Phi) is 6.74. The van der Waals surface area contributed by atoms with Gasteiger partial charge >= 0.3 is 5.97 Å². The smallest absolute Gasteiger partial charge is 0.328 e. The van der Waals surface area contributed by atoms with E-state index < -0.39 is 23.8 Å². The molecular formula is C16H19N3O4. The molecule has 0 fully saturated rings. The van der Waals surface area contributed by atoms with E-state index in [1.807, 2.05) is 6.07 Å². The number of nitrogens with one attached hydrogen (secondary N) is 2. The van der Waals surface area contributed by atoms with E-state index >= 15 is 0 Å². The molecule has 0 aliphatic heterocycles. The fourth-order valence-electron chi connectivity index (χ4n) is 1.95. The van der Waals surface area contributed by atoms with Crippen molar-refractivity contribution in [3.05, 3.63) is 29.8 Å². The molecule has 2 atom stereocenters. The van der Waals surface area contributed by atoms with E-state index in [0.717, 1.165) is 0 Å². The predicted molar refractivity (Wildman–Crippen MR) is 83.4 cm³/mol. The number of benzene rings is 1. The van der Waals surface area contributed by atoms with Crippen LogP contribution in [0, 0.1) is 17.2 Å². The standard InChI is InChI=1S/C16H19N3O4/c1-10(9-17)7-14(16(22)23-3)19-15(21)12-5-4-6-13(8-12)18-11(2)20/h4-6,8,10,14H,7H2,1-3H3,(H,18,20)(H,19,21)/t10-,14-/m0/s1. The minimum Gasteiger partial charge on any atom is -0.467 e. The molecule has 23 heavy (non-hydrogen) atoms. The molecule has 0 aliphatic carbocycles. The lowest BCUT2D eigenvalue weighted by Crippen LogP contribution is -2.42. The Bertz CT molecular complexity index is 636. The summed E-state index contributed by atoms with van der Waals surface area (Å²) in [5, 5.41) is 14.0. The molecule has 2 N–H and O–H groups in total. The van der Waals surface area contributed by atoms with Crippen LogP contribution >= 0.6 is 0 Å². The van der Waals surface area contributed by atoms with Gasteiger partial charge < -0.3 is 15.4 Å². The van der Waals surface area contributed by atoms with Gasteiger partial charge in [0.05, 0.1) is 13.2 Å². The van der Waals surface area contributed by atoms with Crippen LogP contribution in [0.4, 0.5) is 5.69 Å². The van der Waals surface area contributed by atoms with Gasteiger partial charge in [-0.2, -0.15) is 5.26 Å². The largest absolute Gasteiger partial charge is 0.467 e. The molecule has 7 nitrogen and oxygen atoms in total. The zero-order chi connectivity index (χ0) is 17.4. The van der Waals surface area contributed by atoms with Crippen LogP contribution in [0.1, 0.15) is 30.6 Å². The van der Waals surface area contributed by atoms with Gasteiger partial charge in [0.25, 0.3) is 5.91 Å². The number of nitrogens with zero attached hydrogens (tertiary/aromatic N) is 1. The number of nitriles is 1. The summed E-state index contributed by atoms with van der Waals surface area (Å²) in [5.74, 6) is -1.76. The average Bonchev–Trinajstić information content (AvgIpc) is 2.52. The van der Waals surface area contributed by atoms with Crippen LogP contribution in [-0.2, 0) is 14.3 Å². The number of anilines is 1.